The van der Waals surface area contributed by atoms with Gasteiger partial charge in [-0.05, 0) is 55.9 Å². The Bertz CT molecular complexity index is 1640. The second-order valence-electron chi connectivity index (χ2n) is 9.53. The summed E-state index contributed by atoms with van der Waals surface area (Å²) in [5.41, 5.74) is 2.98. The summed E-state index contributed by atoms with van der Waals surface area (Å²) >= 11 is 6.55. The average molecular weight is 510 g/mol. The fraction of sp³-hybridized carbons (Fsp3) is 0.241. The minimum absolute atomic E-state index is 0.210. The van der Waals surface area contributed by atoms with Crippen LogP contribution in [0.2, 0.25) is 5.02 Å². The Hall–Kier alpha value is -4.15. The van der Waals surface area contributed by atoms with Gasteiger partial charge in [0.25, 0.3) is 0 Å². The van der Waals surface area contributed by atoms with Crippen LogP contribution in [0.15, 0.2) is 60.9 Å². The molecule has 6 rings (SSSR count). The fourth-order valence-electron chi connectivity index (χ4n) is 5.23. The first kappa shape index (κ1) is 23.3. The van der Waals surface area contributed by atoms with E-state index in [0.717, 1.165) is 42.5 Å². The molecule has 0 saturated heterocycles. The van der Waals surface area contributed by atoms with Crippen molar-refractivity contribution in [1.29, 1.82) is 5.26 Å². The SMILES string of the molecule is N#CCC1CCC(c2nc3c(cnc4[nH]cc(C(=O)c5ccc(Oc6ccccc6)cc5Cl)c43)[nH]2)CC1. The van der Waals surface area contributed by atoms with E-state index in [1.54, 1.807) is 30.6 Å². The average Bonchev–Trinajstić information content (AvgIpc) is 3.54. The molecule has 184 valence electrons. The van der Waals surface area contributed by atoms with E-state index in [1.165, 1.54) is 0 Å². The quantitative estimate of drug-likeness (QED) is 0.233. The van der Waals surface area contributed by atoms with Crippen LogP contribution in [-0.2, 0) is 0 Å². The van der Waals surface area contributed by atoms with Crippen molar-refractivity contribution >= 4 is 39.5 Å². The molecule has 1 saturated carbocycles. The predicted octanol–water partition coefficient (Wildman–Crippen LogP) is 7.30. The van der Waals surface area contributed by atoms with Gasteiger partial charge in [-0.25, -0.2) is 9.97 Å². The van der Waals surface area contributed by atoms with E-state index in [1.807, 2.05) is 30.3 Å². The molecule has 0 atom stereocenters. The van der Waals surface area contributed by atoms with Crippen molar-refractivity contribution in [1.82, 2.24) is 19.9 Å². The molecule has 3 aromatic heterocycles. The lowest BCUT2D eigenvalue weighted by Crippen LogP contribution is -2.13. The van der Waals surface area contributed by atoms with Crippen molar-refractivity contribution < 1.29 is 9.53 Å². The molecule has 0 bridgehead atoms. The lowest BCUT2D eigenvalue weighted by molar-refractivity contribution is 0.104. The van der Waals surface area contributed by atoms with Crippen molar-refractivity contribution in [3.8, 4) is 17.6 Å². The van der Waals surface area contributed by atoms with Gasteiger partial charge in [0, 0.05) is 30.2 Å². The standard InChI is InChI=1S/C29H24ClN5O2/c30-23-14-20(37-19-4-2-1-3-5-19)10-11-21(23)27(36)22-15-32-29-25(22)26-24(16-33-29)34-28(35-26)18-8-6-17(7-9-18)12-13-31/h1-5,10-11,14-18H,6-9,12H2,(H,32,33)(H,34,35). The van der Waals surface area contributed by atoms with E-state index < -0.39 is 0 Å². The number of carbonyl (C=O) groups is 1. The van der Waals surface area contributed by atoms with Gasteiger partial charge in [-0.2, -0.15) is 5.26 Å². The van der Waals surface area contributed by atoms with E-state index in [2.05, 4.69) is 21.0 Å². The molecule has 0 amide bonds. The molecule has 1 aliphatic rings. The third-order valence-electron chi connectivity index (χ3n) is 7.19. The van der Waals surface area contributed by atoms with Crippen LogP contribution in [0, 0.1) is 17.2 Å². The van der Waals surface area contributed by atoms with Crippen molar-refractivity contribution in [2.75, 3.05) is 0 Å². The van der Waals surface area contributed by atoms with E-state index in [4.69, 9.17) is 26.6 Å². The summed E-state index contributed by atoms with van der Waals surface area (Å²) in [5.74, 6) is 2.73. The Balaban J connectivity index is 1.31. The molecular formula is C29H24ClN5O2. The number of pyridine rings is 1. The van der Waals surface area contributed by atoms with Gasteiger partial charge < -0.3 is 14.7 Å². The molecule has 2 aromatic carbocycles. The van der Waals surface area contributed by atoms with E-state index in [-0.39, 0.29) is 5.78 Å². The van der Waals surface area contributed by atoms with Gasteiger partial charge in [-0.3, -0.25) is 4.79 Å². The lowest BCUT2D eigenvalue weighted by atomic mass is 9.80. The number of hydrogen-bond donors (Lipinski definition) is 2. The highest BCUT2D eigenvalue weighted by Crippen LogP contribution is 2.38. The number of nitrogens with zero attached hydrogens (tertiary/aromatic N) is 3. The highest BCUT2D eigenvalue weighted by atomic mass is 35.5. The molecule has 2 N–H and O–H groups in total. The molecule has 37 heavy (non-hydrogen) atoms. The van der Waals surface area contributed by atoms with Gasteiger partial charge in [0.2, 0.25) is 0 Å². The summed E-state index contributed by atoms with van der Waals surface area (Å²) in [4.78, 5) is 29.6. The summed E-state index contributed by atoms with van der Waals surface area (Å²) < 4.78 is 5.85. The molecule has 0 aliphatic heterocycles. The van der Waals surface area contributed by atoms with Crippen LogP contribution in [0.1, 0.15) is 59.8 Å². The highest BCUT2D eigenvalue weighted by molar-refractivity contribution is 6.36. The number of benzene rings is 2. The van der Waals surface area contributed by atoms with Crippen molar-refractivity contribution in [3.05, 3.63) is 82.9 Å². The molecule has 0 radical (unpaired) electrons. The number of H-pyrrole nitrogens is 2. The Morgan fingerprint density at radius 3 is 2.65 bits per heavy atom. The maximum absolute atomic E-state index is 13.6. The summed E-state index contributed by atoms with van der Waals surface area (Å²) in [6.07, 6.45) is 8.09. The summed E-state index contributed by atoms with van der Waals surface area (Å²) in [6, 6.07) is 16.8. The minimum Gasteiger partial charge on any atom is -0.457 e. The fourth-order valence-corrected chi connectivity index (χ4v) is 5.48. The Kier molecular flexibility index (Phi) is 6.11. The summed E-state index contributed by atoms with van der Waals surface area (Å²) in [6.45, 7) is 0. The number of para-hydroxylation sites is 1. The van der Waals surface area contributed by atoms with Gasteiger partial charge in [0.15, 0.2) is 5.78 Å². The topological polar surface area (TPSA) is 107 Å². The number of imidazole rings is 1. The summed E-state index contributed by atoms with van der Waals surface area (Å²) in [7, 11) is 0. The van der Waals surface area contributed by atoms with Crippen LogP contribution in [0.5, 0.6) is 11.5 Å². The van der Waals surface area contributed by atoms with E-state index in [0.29, 0.717) is 56.9 Å². The molecular weight excluding hydrogens is 486 g/mol. The number of carbonyl (C=O) groups excluding carboxylic acids is 1. The molecule has 3 heterocycles. The van der Waals surface area contributed by atoms with Gasteiger partial charge in [0.05, 0.1) is 33.8 Å². The van der Waals surface area contributed by atoms with E-state index in [9.17, 15) is 4.79 Å². The molecule has 0 unspecified atom stereocenters. The number of aromatic amines is 2. The first-order chi connectivity index (χ1) is 18.1. The smallest absolute Gasteiger partial charge is 0.196 e. The third-order valence-corrected chi connectivity index (χ3v) is 7.50. The van der Waals surface area contributed by atoms with Crippen LogP contribution >= 0.6 is 11.6 Å². The zero-order chi connectivity index (χ0) is 25.4. The largest absolute Gasteiger partial charge is 0.457 e. The predicted molar refractivity (Wildman–Crippen MR) is 142 cm³/mol. The highest BCUT2D eigenvalue weighted by Gasteiger charge is 2.26. The Morgan fingerprint density at radius 2 is 1.89 bits per heavy atom. The monoisotopic (exact) mass is 509 g/mol. The first-order valence-electron chi connectivity index (χ1n) is 12.4. The maximum Gasteiger partial charge on any atom is 0.196 e. The maximum atomic E-state index is 13.6. The molecule has 1 aliphatic carbocycles. The number of ether oxygens (including phenoxy) is 1. The minimum atomic E-state index is -0.210. The number of fused-ring (bicyclic) bond motifs is 3. The molecule has 5 aromatic rings. The van der Waals surface area contributed by atoms with Crippen LogP contribution in [0.25, 0.3) is 22.1 Å². The van der Waals surface area contributed by atoms with Crippen LogP contribution in [0.4, 0.5) is 0 Å². The zero-order valence-corrected chi connectivity index (χ0v) is 20.8. The van der Waals surface area contributed by atoms with Gasteiger partial charge in [-0.1, -0.05) is 29.8 Å². The van der Waals surface area contributed by atoms with Crippen LogP contribution in [-0.4, -0.2) is 25.7 Å². The number of halogens is 1. The molecule has 7 nitrogen and oxygen atoms in total. The number of aromatic nitrogens is 4. The lowest BCUT2D eigenvalue weighted by Gasteiger charge is -2.25. The van der Waals surface area contributed by atoms with Gasteiger partial charge in [0.1, 0.15) is 28.5 Å². The number of hydrogen-bond acceptors (Lipinski definition) is 5. The van der Waals surface area contributed by atoms with Crippen molar-refractivity contribution in [2.45, 2.75) is 38.0 Å². The molecule has 1 fully saturated rings. The second kappa shape index (κ2) is 9.72. The zero-order valence-electron chi connectivity index (χ0n) is 20.0. The summed E-state index contributed by atoms with van der Waals surface area (Å²) in [5, 5.41) is 9.99. The third kappa shape index (κ3) is 4.45. The second-order valence-corrected chi connectivity index (χ2v) is 9.94. The number of ketones is 1. The Labute approximate surface area is 218 Å². The molecule has 8 heteroatoms. The molecule has 0 spiro atoms. The van der Waals surface area contributed by atoms with Crippen LogP contribution < -0.4 is 4.74 Å². The normalized spacial score (nSPS) is 17.6. The number of rotatable bonds is 6. The Morgan fingerprint density at radius 1 is 1.08 bits per heavy atom. The first-order valence-corrected chi connectivity index (χ1v) is 12.8. The number of nitriles is 1. The van der Waals surface area contributed by atoms with Crippen molar-refractivity contribution in [3.63, 3.8) is 0 Å². The van der Waals surface area contributed by atoms with Gasteiger partial charge >= 0.3 is 0 Å². The van der Waals surface area contributed by atoms with Crippen molar-refractivity contribution in [2.24, 2.45) is 5.92 Å². The van der Waals surface area contributed by atoms with Gasteiger partial charge in [-0.15, -0.1) is 0 Å². The van der Waals surface area contributed by atoms with Crippen LogP contribution in [0.3, 0.4) is 0 Å². The van der Waals surface area contributed by atoms with E-state index >= 15 is 0 Å². The number of nitrogens with one attached hydrogen (secondary N) is 2.